The van der Waals surface area contributed by atoms with E-state index in [1.807, 2.05) is 30.3 Å². The summed E-state index contributed by atoms with van der Waals surface area (Å²) >= 11 is 0. The van der Waals surface area contributed by atoms with Crippen LogP contribution in [0.2, 0.25) is 0 Å². The number of likely N-dealkylation sites (tertiary alicyclic amines) is 1. The van der Waals surface area contributed by atoms with Crippen LogP contribution in [-0.4, -0.2) is 43.1 Å². The van der Waals surface area contributed by atoms with Gasteiger partial charge in [0.2, 0.25) is 5.91 Å². The zero-order valence-corrected chi connectivity index (χ0v) is 12.0. The van der Waals surface area contributed by atoms with Crippen LogP contribution in [0.1, 0.15) is 12.0 Å². The lowest BCUT2D eigenvalue weighted by molar-refractivity contribution is -0.128. The monoisotopic (exact) mass is 291 g/mol. The lowest BCUT2D eigenvalue weighted by Crippen LogP contribution is -2.36. The third-order valence-electron chi connectivity index (χ3n) is 3.56. The van der Waals surface area contributed by atoms with Gasteiger partial charge in [0.25, 0.3) is 0 Å². The van der Waals surface area contributed by atoms with Crippen molar-refractivity contribution >= 4 is 12.0 Å². The number of ether oxygens (including phenoxy) is 1. The molecule has 0 aliphatic carbocycles. The quantitative estimate of drug-likeness (QED) is 0.837. The molecule has 0 spiro atoms. The molecule has 1 heterocycles. The summed E-state index contributed by atoms with van der Waals surface area (Å²) < 4.78 is 5.13. The number of carbonyl (C=O) groups excluding carboxylic acids is 2. The predicted octanol–water partition coefficient (Wildman–Crippen LogP) is 0.720. The van der Waals surface area contributed by atoms with Crippen molar-refractivity contribution in [1.82, 2.24) is 10.2 Å². The molecular weight excluding hydrogens is 270 g/mol. The van der Waals surface area contributed by atoms with Crippen molar-refractivity contribution in [3.63, 3.8) is 0 Å². The number of nitrogens with two attached hydrogens (primary N) is 1. The molecule has 6 nitrogen and oxygen atoms in total. The van der Waals surface area contributed by atoms with Crippen LogP contribution in [-0.2, 0) is 16.1 Å². The average Bonchev–Trinajstić information content (AvgIpc) is 3.00. The zero-order valence-electron chi connectivity index (χ0n) is 12.0. The predicted molar refractivity (Wildman–Crippen MR) is 78.4 cm³/mol. The molecule has 0 aromatic heterocycles. The number of nitrogens with zero attached hydrogens (tertiary/aromatic N) is 1. The van der Waals surface area contributed by atoms with Crippen molar-refractivity contribution in [1.29, 1.82) is 0 Å². The summed E-state index contributed by atoms with van der Waals surface area (Å²) in [6.07, 6.45) is 0.451. The number of carbonyl (C=O) groups is 2. The molecule has 0 radical (unpaired) electrons. The maximum atomic E-state index is 11.6. The van der Waals surface area contributed by atoms with Gasteiger partial charge in [0.05, 0.1) is 6.54 Å². The van der Waals surface area contributed by atoms with E-state index in [9.17, 15) is 9.59 Å². The van der Waals surface area contributed by atoms with Gasteiger partial charge in [-0.05, 0) is 17.9 Å². The lowest BCUT2D eigenvalue weighted by atomic mass is 10.1. The number of benzene rings is 1. The first kappa shape index (κ1) is 15.3. The van der Waals surface area contributed by atoms with E-state index in [4.69, 9.17) is 10.5 Å². The third kappa shape index (κ3) is 4.75. The maximum Gasteiger partial charge on any atom is 0.407 e. The van der Waals surface area contributed by atoms with Crippen molar-refractivity contribution in [3.05, 3.63) is 35.9 Å². The largest absolute Gasteiger partial charge is 0.445 e. The molecule has 2 rings (SSSR count). The van der Waals surface area contributed by atoms with E-state index in [2.05, 4.69) is 5.32 Å². The van der Waals surface area contributed by atoms with E-state index in [0.29, 0.717) is 19.6 Å². The van der Waals surface area contributed by atoms with E-state index < -0.39 is 6.09 Å². The Morgan fingerprint density at radius 1 is 1.33 bits per heavy atom. The van der Waals surface area contributed by atoms with Gasteiger partial charge in [-0.3, -0.25) is 4.79 Å². The minimum atomic E-state index is -0.428. The van der Waals surface area contributed by atoms with Gasteiger partial charge in [0.15, 0.2) is 0 Å². The Labute approximate surface area is 124 Å². The van der Waals surface area contributed by atoms with Gasteiger partial charge in [-0.25, -0.2) is 4.79 Å². The van der Waals surface area contributed by atoms with Gasteiger partial charge >= 0.3 is 6.09 Å². The van der Waals surface area contributed by atoms with Gasteiger partial charge in [0, 0.05) is 19.6 Å². The van der Waals surface area contributed by atoms with Gasteiger partial charge in [-0.1, -0.05) is 30.3 Å². The molecule has 0 saturated carbocycles. The number of nitrogens with one attached hydrogen (secondary N) is 1. The number of alkyl carbamates (subject to hydrolysis) is 1. The Morgan fingerprint density at radius 2 is 2.10 bits per heavy atom. The summed E-state index contributed by atoms with van der Waals surface area (Å²) in [5, 5.41) is 2.74. The van der Waals surface area contributed by atoms with Gasteiger partial charge in [-0.2, -0.15) is 0 Å². The first-order valence-electron chi connectivity index (χ1n) is 7.11. The maximum absolute atomic E-state index is 11.6. The van der Waals surface area contributed by atoms with Crippen molar-refractivity contribution in [2.75, 3.05) is 26.2 Å². The number of rotatable bonds is 5. The molecule has 2 amide bonds. The second-order valence-electron chi connectivity index (χ2n) is 5.14. The molecule has 1 aliphatic rings. The van der Waals surface area contributed by atoms with Crippen LogP contribution in [0, 0.1) is 5.92 Å². The van der Waals surface area contributed by atoms with E-state index in [1.54, 1.807) is 4.90 Å². The fourth-order valence-corrected chi connectivity index (χ4v) is 2.36. The Bertz CT molecular complexity index is 478. The topological polar surface area (TPSA) is 84.7 Å². The van der Waals surface area contributed by atoms with Crippen LogP contribution in [0.5, 0.6) is 0 Å². The Balaban J connectivity index is 1.65. The molecule has 3 N–H and O–H groups in total. The fraction of sp³-hybridized carbons (Fsp3) is 0.467. The highest BCUT2D eigenvalue weighted by atomic mass is 16.5. The normalized spacial score (nSPS) is 17.6. The molecule has 1 aliphatic heterocycles. The molecule has 6 heteroatoms. The Kier molecular flexibility index (Phi) is 5.57. The van der Waals surface area contributed by atoms with Crippen molar-refractivity contribution in [3.8, 4) is 0 Å². The smallest absolute Gasteiger partial charge is 0.407 e. The Morgan fingerprint density at radius 3 is 2.81 bits per heavy atom. The highest BCUT2D eigenvalue weighted by molar-refractivity contribution is 5.78. The van der Waals surface area contributed by atoms with Crippen LogP contribution in [0.25, 0.3) is 0 Å². The van der Waals surface area contributed by atoms with Crippen molar-refractivity contribution < 1.29 is 14.3 Å². The molecular formula is C15H21N3O3. The summed E-state index contributed by atoms with van der Waals surface area (Å²) in [6.45, 7) is 2.17. The standard InChI is InChI=1S/C15H21N3O3/c16-8-14(19)18-7-6-13(10-18)9-17-15(20)21-11-12-4-2-1-3-5-12/h1-5,13H,6-11,16H2,(H,17,20)/t13-/m0/s1. The second-order valence-corrected chi connectivity index (χ2v) is 5.14. The lowest BCUT2D eigenvalue weighted by Gasteiger charge is -2.15. The molecule has 0 bridgehead atoms. The summed E-state index contributed by atoms with van der Waals surface area (Å²) in [5.74, 6) is 0.230. The Hall–Kier alpha value is -2.08. The zero-order chi connectivity index (χ0) is 15.1. The molecule has 114 valence electrons. The van der Waals surface area contributed by atoms with Crippen molar-refractivity contribution in [2.24, 2.45) is 11.7 Å². The van der Waals surface area contributed by atoms with Gasteiger partial charge in [0.1, 0.15) is 6.61 Å². The number of amides is 2. The van der Waals surface area contributed by atoms with Crippen LogP contribution in [0.15, 0.2) is 30.3 Å². The summed E-state index contributed by atoms with van der Waals surface area (Å²) in [6, 6.07) is 9.52. The van der Waals surface area contributed by atoms with Crippen LogP contribution >= 0.6 is 0 Å². The van der Waals surface area contributed by atoms with Crippen molar-refractivity contribution in [2.45, 2.75) is 13.0 Å². The molecule has 1 aromatic rings. The number of hydrogen-bond acceptors (Lipinski definition) is 4. The SMILES string of the molecule is NCC(=O)N1CC[C@@H](CNC(=O)OCc2ccccc2)C1. The molecule has 1 saturated heterocycles. The highest BCUT2D eigenvalue weighted by Gasteiger charge is 2.25. The van der Waals surface area contributed by atoms with Gasteiger partial charge in [-0.15, -0.1) is 0 Å². The van der Waals surface area contributed by atoms with Crippen LogP contribution < -0.4 is 11.1 Å². The second kappa shape index (κ2) is 7.64. The summed E-state index contributed by atoms with van der Waals surface area (Å²) in [7, 11) is 0. The third-order valence-corrected chi connectivity index (χ3v) is 3.56. The molecule has 1 fully saturated rings. The van der Waals surface area contributed by atoms with Gasteiger partial charge < -0.3 is 20.7 Å². The summed E-state index contributed by atoms with van der Waals surface area (Å²) in [5.41, 5.74) is 6.29. The summed E-state index contributed by atoms with van der Waals surface area (Å²) in [4.78, 5) is 24.8. The van der Waals surface area contributed by atoms with E-state index in [0.717, 1.165) is 12.0 Å². The van der Waals surface area contributed by atoms with E-state index >= 15 is 0 Å². The average molecular weight is 291 g/mol. The van der Waals surface area contributed by atoms with E-state index in [-0.39, 0.29) is 25.0 Å². The molecule has 1 atom stereocenters. The molecule has 0 unspecified atom stereocenters. The number of hydrogen-bond donors (Lipinski definition) is 2. The van der Waals surface area contributed by atoms with E-state index in [1.165, 1.54) is 0 Å². The minimum Gasteiger partial charge on any atom is -0.445 e. The van der Waals surface area contributed by atoms with Crippen LogP contribution in [0.4, 0.5) is 4.79 Å². The first-order chi connectivity index (χ1) is 10.2. The minimum absolute atomic E-state index is 0.0378. The highest BCUT2D eigenvalue weighted by Crippen LogP contribution is 2.15. The van der Waals surface area contributed by atoms with Crippen LogP contribution in [0.3, 0.4) is 0 Å². The molecule has 1 aromatic carbocycles. The molecule has 21 heavy (non-hydrogen) atoms. The first-order valence-corrected chi connectivity index (χ1v) is 7.11. The fourth-order valence-electron chi connectivity index (χ4n) is 2.36.